The van der Waals surface area contributed by atoms with Gasteiger partial charge in [-0.2, -0.15) is 0 Å². The fraction of sp³-hybridized carbons (Fsp3) is 0.348. The van der Waals surface area contributed by atoms with E-state index in [1.54, 1.807) is 10.6 Å². The number of rotatable bonds is 7. The van der Waals surface area contributed by atoms with Crippen LogP contribution in [0.15, 0.2) is 58.5 Å². The van der Waals surface area contributed by atoms with Crippen molar-refractivity contribution in [2.45, 2.75) is 44.6 Å². The highest BCUT2D eigenvalue weighted by Gasteiger charge is 2.19. The predicted octanol–water partition coefficient (Wildman–Crippen LogP) is 4.01. The molecule has 1 N–H and O–H groups in total. The quantitative estimate of drug-likeness (QED) is 0.473. The molecule has 0 unspecified atom stereocenters. The number of nitrogens with one attached hydrogen (secondary N) is 1. The van der Waals surface area contributed by atoms with Gasteiger partial charge in [0.15, 0.2) is 5.16 Å². The summed E-state index contributed by atoms with van der Waals surface area (Å²) in [5.74, 6) is 0.336. The number of hydrogen-bond donors (Lipinski definition) is 1. The Kier molecular flexibility index (Phi) is 6.75. The Bertz CT molecular complexity index is 1060. The van der Waals surface area contributed by atoms with Crippen LogP contribution in [0.4, 0.5) is 0 Å². The summed E-state index contributed by atoms with van der Waals surface area (Å²) in [6, 6.07) is 15.4. The van der Waals surface area contributed by atoms with Gasteiger partial charge in [0.05, 0.1) is 22.7 Å². The second kappa shape index (κ2) is 9.27. The highest BCUT2D eigenvalue weighted by atomic mass is 32.2. The number of aryl methyl sites for hydroxylation is 1. The number of fused-ring (bicyclic) bond motifs is 1. The Labute approximate surface area is 175 Å². The lowest BCUT2D eigenvalue weighted by Crippen LogP contribution is -2.34. The molecule has 0 saturated heterocycles. The first-order valence-corrected chi connectivity index (χ1v) is 10.7. The molecule has 5 nitrogen and oxygen atoms in total. The van der Waals surface area contributed by atoms with Crippen LogP contribution in [0.25, 0.3) is 10.9 Å². The molecule has 1 heterocycles. The molecule has 0 radical (unpaired) electrons. The van der Waals surface area contributed by atoms with E-state index >= 15 is 0 Å². The number of para-hydroxylation sites is 1. The largest absolute Gasteiger partial charge is 0.355 e. The minimum Gasteiger partial charge on any atom is -0.355 e. The number of carbonyl (C=O) groups is 1. The molecule has 1 aromatic heterocycles. The summed E-state index contributed by atoms with van der Waals surface area (Å²) in [7, 11) is 0. The van der Waals surface area contributed by atoms with Crippen molar-refractivity contribution >= 4 is 28.6 Å². The summed E-state index contributed by atoms with van der Waals surface area (Å²) in [5, 5.41) is 3.74. The van der Waals surface area contributed by atoms with Crippen LogP contribution in [0, 0.1) is 12.8 Å². The van der Waals surface area contributed by atoms with Crippen LogP contribution >= 0.6 is 11.8 Å². The standard InChI is InChI=1S/C23H27N3O2S/c1-15(2)13-24-21(27)17(4)29-23-25-20-8-6-5-7-19(20)22(28)26(23)14-18-11-9-16(3)10-12-18/h5-12,15,17H,13-14H2,1-4H3,(H,24,27)/t17-/m1/s1. The molecule has 3 aromatic rings. The van der Waals surface area contributed by atoms with Gasteiger partial charge in [0.2, 0.25) is 5.91 Å². The molecule has 29 heavy (non-hydrogen) atoms. The maximum atomic E-state index is 13.2. The van der Waals surface area contributed by atoms with Gasteiger partial charge in [-0.1, -0.05) is 67.6 Å². The summed E-state index contributed by atoms with van der Waals surface area (Å²) in [5.41, 5.74) is 2.75. The highest BCUT2D eigenvalue weighted by Crippen LogP contribution is 2.23. The zero-order valence-electron chi connectivity index (χ0n) is 17.3. The van der Waals surface area contributed by atoms with Crippen molar-refractivity contribution in [3.8, 4) is 0 Å². The van der Waals surface area contributed by atoms with Gasteiger partial charge in [-0.25, -0.2) is 4.98 Å². The molecule has 0 spiro atoms. The molecule has 0 fully saturated rings. The zero-order chi connectivity index (χ0) is 21.0. The number of amides is 1. The third-order valence-electron chi connectivity index (χ3n) is 4.62. The predicted molar refractivity (Wildman–Crippen MR) is 119 cm³/mol. The topological polar surface area (TPSA) is 64.0 Å². The Hall–Kier alpha value is -2.60. The van der Waals surface area contributed by atoms with Crippen molar-refractivity contribution in [3.63, 3.8) is 0 Å². The Balaban J connectivity index is 1.96. The molecule has 1 atom stereocenters. The average Bonchev–Trinajstić information content (AvgIpc) is 2.70. The molecule has 3 rings (SSSR count). The van der Waals surface area contributed by atoms with Crippen LogP contribution in [0.5, 0.6) is 0 Å². The van der Waals surface area contributed by atoms with E-state index in [1.165, 1.54) is 17.3 Å². The first-order valence-electron chi connectivity index (χ1n) is 9.84. The molecule has 1 amide bonds. The summed E-state index contributed by atoms with van der Waals surface area (Å²) < 4.78 is 1.67. The molecule has 6 heteroatoms. The minimum atomic E-state index is -0.355. The van der Waals surface area contributed by atoms with E-state index in [0.29, 0.717) is 35.1 Å². The monoisotopic (exact) mass is 409 g/mol. The second-order valence-electron chi connectivity index (χ2n) is 7.69. The number of nitrogens with zero attached hydrogens (tertiary/aromatic N) is 2. The second-order valence-corrected chi connectivity index (χ2v) is 9.00. The number of benzene rings is 2. The van der Waals surface area contributed by atoms with Crippen molar-refractivity contribution < 1.29 is 4.79 Å². The smallest absolute Gasteiger partial charge is 0.262 e. The van der Waals surface area contributed by atoms with Crippen molar-refractivity contribution in [2.75, 3.05) is 6.54 Å². The van der Waals surface area contributed by atoms with Crippen LogP contribution in [0.2, 0.25) is 0 Å². The lowest BCUT2D eigenvalue weighted by Gasteiger charge is -2.17. The third-order valence-corrected chi connectivity index (χ3v) is 5.71. The van der Waals surface area contributed by atoms with Crippen LogP contribution in [0.3, 0.4) is 0 Å². The lowest BCUT2D eigenvalue weighted by molar-refractivity contribution is -0.120. The van der Waals surface area contributed by atoms with Crippen LogP contribution in [-0.2, 0) is 11.3 Å². The van der Waals surface area contributed by atoms with E-state index in [-0.39, 0.29) is 16.7 Å². The highest BCUT2D eigenvalue weighted by molar-refractivity contribution is 8.00. The molecule has 152 valence electrons. The van der Waals surface area contributed by atoms with Gasteiger partial charge in [0, 0.05) is 6.54 Å². The average molecular weight is 410 g/mol. The number of hydrogen-bond acceptors (Lipinski definition) is 4. The van der Waals surface area contributed by atoms with Crippen molar-refractivity contribution in [2.24, 2.45) is 5.92 Å². The SMILES string of the molecule is Cc1ccc(Cn2c(S[C@H](C)C(=O)NCC(C)C)nc3ccccc3c2=O)cc1. The minimum absolute atomic E-state index is 0.0482. The Morgan fingerprint density at radius 2 is 1.79 bits per heavy atom. The molecule has 2 aromatic carbocycles. The van der Waals surface area contributed by atoms with Crippen LogP contribution < -0.4 is 10.9 Å². The van der Waals surface area contributed by atoms with Gasteiger partial charge in [-0.05, 0) is 37.5 Å². The first kappa shape index (κ1) is 21.1. The van der Waals surface area contributed by atoms with E-state index in [9.17, 15) is 9.59 Å². The zero-order valence-corrected chi connectivity index (χ0v) is 18.1. The number of carbonyl (C=O) groups excluding carboxylic acids is 1. The lowest BCUT2D eigenvalue weighted by atomic mass is 10.1. The van der Waals surface area contributed by atoms with Gasteiger partial charge in [-0.15, -0.1) is 0 Å². The van der Waals surface area contributed by atoms with E-state index in [4.69, 9.17) is 4.98 Å². The third kappa shape index (κ3) is 5.26. The van der Waals surface area contributed by atoms with Crippen molar-refractivity contribution in [1.82, 2.24) is 14.9 Å². The molecule has 0 aliphatic carbocycles. The normalized spacial score (nSPS) is 12.3. The van der Waals surface area contributed by atoms with Gasteiger partial charge < -0.3 is 5.32 Å². The molecular formula is C23H27N3O2S. The first-order chi connectivity index (χ1) is 13.8. The number of thioether (sulfide) groups is 1. The molecule has 0 aliphatic rings. The fourth-order valence-electron chi connectivity index (χ4n) is 2.91. The van der Waals surface area contributed by atoms with Gasteiger partial charge in [0.1, 0.15) is 0 Å². The summed E-state index contributed by atoms with van der Waals surface area (Å²) in [6.07, 6.45) is 0. The maximum absolute atomic E-state index is 13.2. The number of aromatic nitrogens is 2. The molecule has 0 aliphatic heterocycles. The van der Waals surface area contributed by atoms with Gasteiger partial charge >= 0.3 is 0 Å². The summed E-state index contributed by atoms with van der Waals surface area (Å²) in [4.78, 5) is 30.4. The van der Waals surface area contributed by atoms with E-state index in [1.807, 2.05) is 56.3 Å². The van der Waals surface area contributed by atoms with Gasteiger partial charge in [0.25, 0.3) is 5.56 Å². The summed E-state index contributed by atoms with van der Waals surface area (Å²) in [6.45, 7) is 9.04. The van der Waals surface area contributed by atoms with Crippen LogP contribution in [0.1, 0.15) is 31.9 Å². The Morgan fingerprint density at radius 1 is 1.10 bits per heavy atom. The summed E-state index contributed by atoms with van der Waals surface area (Å²) >= 11 is 1.32. The van der Waals surface area contributed by atoms with E-state index in [0.717, 1.165) is 5.56 Å². The van der Waals surface area contributed by atoms with E-state index in [2.05, 4.69) is 19.2 Å². The molecule has 0 bridgehead atoms. The van der Waals surface area contributed by atoms with Crippen LogP contribution in [-0.4, -0.2) is 27.3 Å². The molecule has 0 saturated carbocycles. The van der Waals surface area contributed by atoms with E-state index < -0.39 is 0 Å². The maximum Gasteiger partial charge on any atom is 0.262 e. The van der Waals surface area contributed by atoms with Gasteiger partial charge in [-0.3, -0.25) is 14.2 Å². The van der Waals surface area contributed by atoms with Crippen molar-refractivity contribution in [3.05, 3.63) is 70.0 Å². The van der Waals surface area contributed by atoms with Crippen molar-refractivity contribution in [1.29, 1.82) is 0 Å². The Morgan fingerprint density at radius 3 is 2.48 bits per heavy atom. The fourth-order valence-corrected chi connectivity index (χ4v) is 3.85. The molecular weight excluding hydrogens is 382 g/mol.